The van der Waals surface area contributed by atoms with Crippen molar-refractivity contribution in [1.82, 2.24) is 59.8 Å². The SMILES string of the molecule is CC(=O)C[C@H](NC(=O)C(CC(C)C)N1CCCCC1=O)c1cnc(C(F)(F)F)c(-c2ccccc2C)c1.CC(=O)C[C@H](NC(=O)C(CC(C)C)n1ccccc1=O)c1ccc(C)c(N2CCCCC2)c1.CC(=O)C[C@H](NC(=O)[C@H](CC(C)C)n1ccc(C)cc1=O)c1ccnc(N2[C@H](C)CC[C@@H]2C)c1.CC(=O)C[C@H](NC(=O)[C@H](CC(C)C)n1ccc(C)cc1=O)c1cncc(-c2c(C)cncc2C)c1. The molecule has 0 saturated carbocycles. The molecule has 746 valence electrons. The number of amides is 5. The number of pyridine rings is 7. The van der Waals surface area contributed by atoms with Crippen LogP contribution in [0.15, 0.2) is 179 Å². The first kappa shape index (κ1) is 110. The van der Waals surface area contributed by atoms with Crippen molar-refractivity contribution in [1.29, 1.82) is 0 Å². The summed E-state index contributed by atoms with van der Waals surface area (Å²) in [6.07, 6.45) is 20.4. The van der Waals surface area contributed by atoms with Crippen LogP contribution in [0.5, 0.6) is 0 Å². The molecule has 7 aromatic heterocycles. The third kappa shape index (κ3) is 31.7. The van der Waals surface area contributed by atoms with Crippen LogP contribution < -0.4 is 47.7 Å². The summed E-state index contributed by atoms with van der Waals surface area (Å²) in [5, 5.41) is 12.1. The zero-order valence-corrected chi connectivity index (χ0v) is 84.6. The average molecular weight is 1910 g/mol. The van der Waals surface area contributed by atoms with E-state index in [1.54, 1.807) is 111 Å². The number of ketones is 4. The van der Waals surface area contributed by atoms with Crippen molar-refractivity contribution >= 4 is 64.2 Å². The van der Waals surface area contributed by atoms with Crippen LogP contribution in [0.4, 0.5) is 24.7 Å². The molecule has 2 aromatic carbocycles. The van der Waals surface area contributed by atoms with E-state index < -0.39 is 66.1 Å². The molecule has 3 aliphatic heterocycles. The van der Waals surface area contributed by atoms with Gasteiger partial charge in [-0.2, -0.15) is 13.2 Å². The lowest BCUT2D eigenvalue weighted by Crippen LogP contribution is -2.52. The van der Waals surface area contributed by atoms with Crippen LogP contribution in [0.1, 0.15) is 303 Å². The monoisotopic (exact) mass is 1910 g/mol. The fourth-order valence-electron chi connectivity index (χ4n) is 18.7. The van der Waals surface area contributed by atoms with E-state index in [0.717, 1.165) is 101 Å². The van der Waals surface area contributed by atoms with Gasteiger partial charge in [0.15, 0.2) is 5.69 Å². The molecule has 3 saturated heterocycles. The summed E-state index contributed by atoms with van der Waals surface area (Å²) in [5.41, 5.74) is 10.1. The van der Waals surface area contributed by atoms with Crippen molar-refractivity contribution < 1.29 is 56.3 Å². The first-order chi connectivity index (χ1) is 65.8. The number of nitrogens with zero attached hydrogens (tertiary/aromatic N) is 10. The number of nitrogens with one attached hydrogen (secondary N) is 4. The van der Waals surface area contributed by atoms with E-state index in [1.165, 1.54) is 83.2 Å². The fourth-order valence-corrected chi connectivity index (χ4v) is 18.7. The van der Waals surface area contributed by atoms with Gasteiger partial charge >= 0.3 is 6.18 Å². The van der Waals surface area contributed by atoms with E-state index in [4.69, 9.17) is 0 Å². The highest BCUT2D eigenvalue weighted by Crippen LogP contribution is 2.40. The molecule has 0 aliphatic carbocycles. The molecule has 5 amide bonds. The Morgan fingerprint density at radius 2 is 0.863 bits per heavy atom. The highest BCUT2D eigenvalue weighted by atomic mass is 19.4. The summed E-state index contributed by atoms with van der Waals surface area (Å²) >= 11 is 0. The second-order valence-electron chi connectivity index (χ2n) is 39.7. The number of hydrogen-bond donors (Lipinski definition) is 4. The van der Waals surface area contributed by atoms with Crippen molar-refractivity contribution in [3.05, 3.63) is 257 Å². The van der Waals surface area contributed by atoms with Crippen molar-refractivity contribution in [2.45, 2.75) is 308 Å². The van der Waals surface area contributed by atoms with Gasteiger partial charge in [-0.05, 0) is 293 Å². The van der Waals surface area contributed by atoms with Gasteiger partial charge in [-0.15, -0.1) is 0 Å². The molecule has 3 aliphatic rings. The molecular formula is C110H143F3N14O12. The van der Waals surface area contributed by atoms with Crippen molar-refractivity contribution in [2.24, 2.45) is 23.7 Å². The minimum Gasteiger partial charge on any atom is -0.371 e. The van der Waals surface area contributed by atoms with Crippen molar-refractivity contribution in [3.8, 4) is 22.3 Å². The fraction of sp³-hybridized carbons (Fsp3) is 0.491. The van der Waals surface area contributed by atoms with Gasteiger partial charge < -0.3 is 49.7 Å². The van der Waals surface area contributed by atoms with E-state index in [1.807, 2.05) is 119 Å². The molecule has 139 heavy (non-hydrogen) atoms. The third-order valence-corrected chi connectivity index (χ3v) is 25.5. The second-order valence-corrected chi connectivity index (χ2v) is 39.7. The number of Topliss-reactive ketones (excluding diaryl/α,β-unsaturated/α-hetero) is 4. The number of aromatic nitrogens is 7. The van der Waals surface area contributed by atoms with E-state index in [0.29, 0.717) is 67.4 Å². The van der Waals surface area contributed by atoms with Gasteiger partial charge in [-0.3, -0.25) is 72.5 Å². The van der Waals surface area contributed by atoms with Gasteiger partial charge in [0.25, 0.3) is 16.7 Å². The Kier molecular flexibility index (Phi) is 40.6. The van der Waals surface area contributed by atoms with Gasteiger partial charge in [-0.1, -0.05) is 97.9 Å². The van der Waals surface area contributed by atoms with Gasteiger partial charge in [0.2, 0.25) is 29.5 Å². The number of alkyl halides is 3. The molecule has 9 aromatic rings. The largest absolute Gasteiger partial charge is 0.433 e. The zero-order chi connectivity index (χ0) is 102. The number of anilines is 2. The Balaban J connectivity index is 0.000000207. The first-order valence-electron chi connectivity index (χ1n) is 48.9. The summed E-state index contributed by atoms with van der Waals surface area (Å²) in [6.45, 7) is 40.4. The summed E-state index contributed by atoms with van der Waals surface area (Å²) in [4.78, 5) is 176. The van der Waals surface area contributed by atoms with Crippen LogP contribution in [0.25, 0.3) is 22.3 Å². The quantitative estimate of drug-likeness (QED) is 0.0283. The molecule has 0 spiro atoms. The summed E-state index contributed by atoms with van der Waals surface area (Å²) in [7, 11) is 0. The van der Waals surface area contributed by atoms with Crippen LogP contribution in [0.3, 0.4) is 0 Å². The Bertz CT molecular complexity index is 5930. The van der Waals surface area contributed by atoms with Crippen molar-refractivity contribution in [2.75, 3.05) is 29.4 Å². The minimum absolute atomic E-state index is 0.0117. The molecule has 10 heterocycles. The number of carbonyl (C=O) groups is 9. The Morgan fingerprint density at radius 1 is 0.417 bits per heavy atom. The molecule has 2 unspecified atom stereocenters. The molecular weight excluding hydrogens is 1770 g/mol. The summed E-state index contributed by atoms with van der Waals surface area (Å²) in [6, 6.07) is 27.4. The predicted molar refractivity (Wildman–Crippen MR) is 539 cm³/mol. The maximum Gasteiger partial charge on any atom is 0.433 e. The zero-order valence-electron chi connectivity index (χ0n) is 84.6. The van der Waals surface area contributed by atoms with Crippen LogP contribution in [0, 0.1) is 65.2 Å². The van der Waals surface area contributed by atoms with Crippen LogP contribution in [-0.2, 0) is 49.3 Å². The van der Waals surface area contributed by atoms with Gasteiger partial charge in [-0.25, -0.2) is 4.98 Å². The van der Waals surface area contributed by atoms with E-state index in [9.17, 15) is 70.7 Å². The highest BCUT2D eigenvalue weighted by molar-refractivity contribution is 5.90. The lowest BCUT2D eigenvalue weighted by Gasteiger charge is -2.35. The van der Waals surface area contributed by atoms with Gasteiger partial charge in [0.05, 0.1) is 24.2 Å². The maximum atomic E-state index is 13.9. The Labute approximate surface area is 816 Å². The summed E-state index contributed by atoms with van der Waals surface area (Å²) in [5.74, 6) is 0.0225. The Hall–Kier alpha value is -12.7. The topological polar surface area (TPSA) is 329 Å². The van der Waals surface area contributed by atoms with Gasteiger partial charge in [0.1, 0.15) is 53.1 Å². The molecule has 3 fully saturated rings. The van der Waals surface area contributed by atoms with Gasteiger partial charge in [0, 0.05) is 155 Å². The number of hydrogen-bond acceptors (Lipinski definition) is 18. The normalized spacial score (nSPS) is 16.1. The number of piperidine rings is 2. The lowest BCUT2D eigenvalue weighted by molar-refractivity contribution is -0.143. The highest BCUT2D eigenvalue weighted by Gasteiger charge is 2.40. The number of aryl methyl sites for hydroxylation is 6. The van der Waals surface area contributed by atoms with Crippen LogP contribution in [0.2, 0.25) is 0 Å². The van der Waals surface area contributed by atoms with E-state index >= 15 is 0 Å². The summed E-state index contributed by atoms with van der Waals surface area (Å²) < 4.78 is 46.1. The number of rotatable bonds is 36. The number of likely N-dealkylation sites (tertiary alicyclic amines) is 1. The molecule has 4 N–H and O–H groups in total. The van der Waals surface area contributed by atoms with E-state index in [-0.39, 0.29) is 118 Å². The van der Waals surface area contributed by atoms with Crippen LogP contribution >= 0.6 is 0 Å². The predicted octanol–water partition coefficient (Wildman–Crippen LogP) is 19.2. The molecule has 12 rings (SSSR count). The number of benzene rings is 2. The molecule has 10 atom stereocenters. The lowest BCUT2D eigenvalue weighted by atomic mass is 9.94. The smallest absolute Gasteiger partial charge is 0.371 e. The first-order valence-corrected chi connectivity index (χ1v) is 48.9. The maximum absolute atomic E-state index is 13.9. The molecule has 0 bridgehead atoms. The number of halogens is 3. The molecule has 0 radical (unpaired) electrons. The standard InChI is InChI=1S/C28H34F3N3O3.C28H34N4O3.C27H38N4O3.C27H37N3O3/c1-17(2)13-24(34-12-8-7-11-25(34)36)27(37)33-23(14-19(4)35)20-15-22(21-10-6-5-9-18(21)3)26(32-16-20)28(29,30)31;1-17(2)9-25(32-8-7-18(3)10-26(32)34)28(35)31-24(11-21(6)33)22-12-23(16-30-15-22)27-19(4)13-29-14-20(27)5;1-17(2)13-24(30-12-10-18(3)14-26(30)33)27(34)29-23(15-21(6)32)22-9-11-28-25(16-22)31-19(4)7-8-20(31)5;1-19(2)16-25(30-15-9-6-10-26(30)32)27(33)28-23(17-21(4)31)22-12-11-20(3)24(18-22)29-13-7-5-8-14-29/h5-6,9-10,15-17,23-24H,7-8,11-14H2,1-4H3,(H,33,37);7-8,10,12-17,24-25H,9,11H2,1-6H3,(H,31,35);9-12,14,16-17,19-20,23-24H,7-8,13,15H2,1-6H3,(H,29,34);6,9-12,15,18-19,23,25H,5,7-8,13-14,16-17H2,1-4H3,(H,28,33)/t23-,24?;24-,25-;19-,20+,23-,24-;23-,25?/m0000/s1. The third-order valence-electron chi connectivity index (χ3n) is 25.5. The molecule has 29 heteroatoms. The minimum atomic E-state index is -4.69. The van der Waals surface area contributed by atoms with Crippen molar-refractivity contribution in [3.63, 3.8) is 0 Å². The number of carbonyl (C=O) groups excluding carboxylic acids is 9. The molecule has 26 nitrogen and oxygen atoms in total. The Morgan fingerprint density at radius 3 is 1.33 bits per heavy atom. The average Bonchev–Trinajstić information content (AvgIpc) is 1.06. The van der Waals surface area contributed by atoms with Crippen LogP contribution in [-0.4, -0.2) is 129 Å². The van der Waals surface area contributed by atoms with E-state index in [2.05, 4.69) is 83.9 Å². The second kappa shape index (κ2) is 51.3.